The van der Waals surface area contributed by atoms with E-state index in [0.717, 1.165) is 0 Å². The topological polar surface area (TPSA) is 0 Å². The van der Waals surface area contributed by atoms with Crippen LogP contribution in [0.25, 0.3) is 0 Å². The monoisotopic (exact) mass is 298 g/mol. The molecule has 0 spiro atoms. The van der Waals surface area contributed by atoms with Crippen LogP contribution in [0.3, 0.4) is 0 Å². The molecule has 2 rings (SSSR count). The van der Waals surface area contributed by atoms with Crippen molar-refractivity contribution < 1.29 is 0 Å². The average molecular weight is 298 g/mol. The van der Waals surface area contributed by atoms with Gasteiger partial charge in [-0.3, -0.25) is 0 Å². The van der Waals surface area contributed by atoms with E-state index >= 15 is 0 Å². The van der Waals surface area contributed by atoms with Crippen LogP contribution in [0.4, 0.5) is 0 Å². The molecule has 0 aliphatic carbocycles. The van der Waals surface area contributed by atoms with Gasteiger partial charge in [-0.25, -0.2) is 0 Å². The predicted molar refractivity (Wildman–Crippen MR) is 97.2 cm³/mol. The Morgan fingerprint density at radius 2 is 1.29 bits per heavy atom. The summed E-state index contributed by atoms with van der Waals surface area (Å²) >= 11 is 0. The summed E-state index contributed by atoms with van der Waals surface area (Å²) in [5.74, 6) is 0. The van der Waals surface area contributed by atoms with Gasteiger partial charge in [0.25, 0.3) is 0 Å². The Bertz CT molecular complexity index is 477. The van der Waals surface area contributed by atoms with Crippen LogP contribution >= 0.6 is 7.92 Å². The molecular formula is C20H27P. The Morgan fingerprint density at radius 3 is 1.71 bits per heavy atom. The molecule has 1 heteroatoms. The van der Waals surface area contributed by atoms with Gasteiger partial charge in [0.1, 0.15) is 0 Å². The number of hydrogen-bond acceptors (Lipinski definition) is 0. The summed E-state index contributed by atoms with van der Waals surface area (Å²) in [7, 11) is -0.255. The predicted octanol–water partition coefficient (Wildman–Crippen LogP) is 5.34. The molecule has 0 fully saturated rings. The fourth-order valence-electron chi connectivity index (χ4n) is 2.71. The van der Waals surface area contributed by atoms with Gasteiger partial charge < -0.3 is 0 Å². The number of benzene rings is 2. The fraction of sp³-hybridized carbons (Fsp3) is 0.400. The van der Waals surface area contributed by atoms with Crippen LogP contribution in [0.1, 0.15) is 40.0 Å². The lowest BCUT2D eigenvalue weighted by Crippen LogP contribution is -2.23. The molecule has 0 N–H and O–H groups in total. The zero-order valence-electron chi connectivity index (χ0n) is 13.5. The Kier molecular flexibility index (Phi) is 6.00. The van der Waals surface area contributed by atoms with Crippen molar-refractivity contribution in [2.45, 2.75) is 40.0 Å². The molecular weight excluding hydrogens is 271 g/mol. The normalized spacial score (nSPS) is 11.8. The van der Waals surface area contributed by atoms with Gasteiger partial charge in [0.05, 0.1) is 0 Å². The van der Waals surface area contributed by atoms with Crippen LogP contribution in [0.15, 0.2) is 60.7 Å². The van der Waals surface area contributed by atoms with Crippen LogP contribution < -0.4 is 10.6 Å². The maximum Gasteiger partial charge on any atom is -0.0194 e. The van der Waals surface area contributed by atoms with Gasteiger partial charge in [0, 0.05) is 0 Å². The Morgan fingerprint density at radius 1 is 0.810 bits per heavy atom. The summed E-state index contributed by atoms with van der Waals surface area (Å²) in [5.41, 5.74) is 0.410. The van der Waals surface area contributed by atoms with E-state index < -0.39 is 0 Å². The highest BCUT2D eigenvalue weighted by Gasteiger charge is 2.24. The molecule has 0 unspecified atom stereocenters. The fourth-order valence-corrected chi connectivity index (χ4v) is 5.45. The molecule has 0 aliphatic heterocycles. The average Bonchev–Trinajstić information content (AvgIpc) is 2.52. The van der Waals surface area contributed by atoms with Crippen LogP contribution in [0.2, 0.25) is 0 Å². The lowest BCUT2D eigenvalue weighted by Gasteiger charge is -2.30. The van der Waals surface area contributed by atoms with Gasteiger partial charge in [-0.15, -0.1) is 0 Å². The van der Waals surface area contributed by atoms with E-state index in [1.165, 1.54) is 36.0 Å². The van der Waals surface area contributed by atoms with Crippen molar-refractivity contribution in [1.29, 1.82) is 0 Å². The van der Waals surface area contributed by atoms with Crippen LogP contribution in [-0.2, 0) is 0 Å². The van der Waals surface area contributed by atoms with Crippen molar-refractivity contribution in [3.63, 3.8) is 0 Å². The number of rotatable bonds is 7. The number of unbranched alkanes of at least 4 members (excludes halogenated alkanes) is 1. The van der Waals surface area contributed by atoms with Gasteiger partial charge in [-0.05, 0) is 36.5 Å². The molecule has 0 saturated carbocycles. The molecule has 21 heavy (non-hydrogen) atoms. The van der Waals surface area contributed by atoms with Crippen LogP contribution in [-0.4, -0.2) is 6.16 Å². The third-order valence-electron chi connectivity index (χ3n) is 3.93. The summed E-state index contributed by atoms with van der Waals surface area (Å²) in [6, 6.07) is 22.1. The quantitative estimate of drug-likeness (QED) is 0.606. The summed E-state index contributed by atoms with van der Waals surface area (Å²) in [5, 5.41) is 3.01. The minimum absolute atomic E-state index is 0.255. The molecule has 0 aromatic heterocycles. The zero-order valence-corrected chi connectivity index (χ0v) is 14.4. The Hall–Kier alpha value is -1.13. The number of hydrogen-bond donors (Lipinski definition) is 0. The molecule has 0 amide bonds. The van der Waals surface area contributed by atoms with Gasteiger partial charge in [0.15, 0.2) is 0 Å². The van der Waals surface area contributed by atoms with E-state index in [2.05, 4.69) is 81.4 Å². The first-order chi connectivity index (χ1) is 10.1. The van der Waals surface area contributed by atoms with Crippen molar-refractivity contribution in [3.8, 4) is 0 Å². The zero-order chi connectivity index (χ0) is 15.1. The second-order valence-corrected chi connectivity index (χ2v) is 8.73. The highest BCUT2D eigenvalue weighted by molar-refractivity contribution is 7.73. The summed E-state index contributed by atoms with van der Waals surface area (Å²) in [4.78, 5) is 0. The third-order valence-corrected chi connectivity index (χ3v) is 6.94. The first-order valence-electron chi connectivity index (χ1n) is 8.00. The lowest BCUT2D eigenvalue weighted by atomic mass is 9.90. The molecule has 0 radical (unpaired) electrons. The van der Waals surface area contributed by atoms with E-state index in [4.69, 9.17) is 0 Å². The largest absolute Gasteiger partial charge is 0.0654 e. The van der Waals surface area contributed by atoms with Gasteiger partial charge >= 0.3 is 0 Å². The third kappa shape index (κ3) is 4.97. The maximum absolute atomic E-state index is 2.43. The standard InChI is InChI=1S/C20H27P/c1-4-5-16-20(2,3)17-21(18-12-8-6-9-13-18)19-14-10-7-11-15-19/h6-15H,4-5,16-17H2,1-3H3. The smallest absolute Gasteiger partial charge is 0.0194 e. The summed E-state index contributed by atoms with van der Waals surface area (Å²) < 4.78 is 0. The summed E-state index contributed by atoms with van der Waals surface area (Å²) in [6.45, 7) is 7.15. The first-order valence-corrected chi connectivity index (χ1v) is 9.53. The van der Waals surface area contributed by atoms with Crippen molar-refractivity contribution in [1.82, 2.24) is 0 Å². The van der Waals surface area contributed by atoms with Gasteiger partial charge in [0.2, 0.25) is 0 Å². The Balaban J connectivity index is 2.25. The molecule has 0 saturated heterocycles. The van der Waals surface area contributed by atoms with E-state index in [9.17, 15) is 0 Å². The maximum atomic E-state index is 2.43. The molecule has 0 bridgehead atoms. The molecule has 0 atom stereocenters. The second-order valence-electron chi connectivity index (χ2n) is 6.53. The molecule has 2 aromatic carbocycles. The molecule has 112 valence electrons. The molecule has 2 aromatic rings. The molecule has 0 nitrogen and oxygen atoms in total. The van der Waals surface area contributed by atoms with E-state index in [1.54, 1.807) is 0 Å². The van der Waals surface area contributed by atoms with E-state index in [-0.39, 0.29) is 7.92 Å². The first kappa shape index (κ1) is 16.2. The Labute approximate surface area is 131 Å². The highest BCUT2D eigenvalue weighted by Crippen LogP contribution is 2.42. The van der Waals surface area contributed by atoms with E-state index in [1.807, 2.05) is 0 Å². The molecule has 0 heterocycles. The lowest BCUT2D eigenvalue weighted by molar-refractivity contribution is 0.371. The summed E-state index contributed by atoms with van der Waals surface area (Å²) in [6.07, 6.45) is 5.22. The highest BCUT2D eigenvalue weighted by atomic mass is 31.1. The van der Waals surface area contributed by atoms with Crippen LogP contribution in [0, 0.1) is 5.41 Å². The van der Waals surface area contributed by atoms with Crippen molar-refractivity contribution in [2.24, 2.45) is 5.41 Å². The van der Waals surface area contributed by atoms with Crippen molar-refractivity contribution >= 4 is 18.5 Å². The van der Waals surface area contributed by atoms with Gasteiger partial charge in [-0.1, -0.05) is 94.3 Å². The van der Waals surface area contributed by atoms with E-state index in [0.29, 0.717) is 5.41 Å². The van der Waals surface area contributed by atoms with Crippen LogP contribution in [0.5, 0.6) is 0 Å². The SMILES string of the molecule is CCCCC(C)(C)CP(c1ccccc1)c1ccccc1. The minimum atomic E-state index is -0.255. The van der Waals surface area contributed by atoms with Gasteiger partial charge in [-0.2, -0.15) is 0 Å². The van der Waals surface area contributed by atoms with Crippen molar-refractivity contribution in [3.05, 3.63) is 60.7 Å². The second kappa shape index (κ2) is 7.76. The van der Waals surface area contributed by atoms with Crippen molar-refractivity contribution in [2.75, 3.05) is 6.16 Å². The molecule has 0 aliphatic rings. The minimum Gasteiger partial charge on any atom is -0.0654 e.